The van der Waals surface area contributed by atoms with Crippen LogP contribution in [0.3, 0.4) is 0 Å². The largest absolute Gasteiger partial charge is 0.396 e. The van der Waals surface area contributed by atoms with Crippen LogP contribution in [0, 0.1) is 6.92 Å². The smallest absolute Gasteiger partial charge is 0.0445 e. The zero-order valence-corrected chi connectivity index (χ0v) is 10.7. The number of halogens is 1. The Hall–Kier alpha value is -0.570. The zero-order valence-electron chi connectivity index (χ0n) is 9.96. The molecule has 0 saturated carbocycles. The molecule has 1 atom stereocenters. The molecule has 90 valence electrons. The zero-order chi connectivity index (χ0) is 12.0. The fraction of sp³-hybridized carbons (Fsp3) is 0.538. The van der Waals surface area contributed by atoms with Crippen LogP contribution in [-0.4, -0.2) is 17.8 Å². The van der Waals surface area contributed by atoms with Gasteiger partial charge < -0.3 is 10.4 Å². The molecule has 1 unspecified atom stereocenters. The second-order valence-electron chi connectivity index (χ2n) is 4.08. The van der Waals surface area contributed by atoms with Gasteiger partial charge in [-0.2, -0.15) is 0 Å². The molecule has 0 fully saturated rings. The van der Waals surface area contributed by atoms with E-state index in [2.05, 4.69) is 18.3 Å². The van der Waals surface area contributed by atoms with E-state index in [-0.39, 0.29) is 6.61 Å². The number of hydrogen-bond donors (Lipinski definition) is 2. The highest BCUT2D eigenvalue weighted by atomic mass is 35.5. The van der Waals surface area contributed by atoms with Crippen molar-refractivity contribution in [3.8, 4) is 0 Å². The summed E-state index contributed by atoms with van der Waals surface area (Å²) in [7, 11) is 0. The number of rotatable bonds is 6. The predicted octanol–water partition coefficient (Wildman–Crippen LogP) is 2.90. The first-order valence-electron chi connectivity index (χ1n) is 5.76. The lowest BCUT2D eigenvalue weighted by Gasteiger charge is -2.16. The minimum absolute atomic E-state index is 0.241. The Balaban J connectivity index is 2.50. The predicted molar refractivity (Wildman–Crippen MR) is 68.8 cm³/mol. The Bertz CT molecular complexity index is 328. The maximum absolute atomic E-state index is 8.89. The molecule has 3 heteroatoms. The van der Waals surface area contributed by atoms with Crippen LogP contribution in [0.25, 0.3) is 0 Å². The average molecular weight is 242 g/mol. The van der Waals surface area contributed by atoms with E-state index >= 15 is 0 Å². The van der Waals surface area contributed by atoms with Crippen LogP contribution in [0.4, 0.5) is 0 Å². The summed E-state index contributed by atoms with van der Waals surface area (Å²) in [5, 5.41) is 13.1. The van der Waals surface area contributed by atoms with Crippen LogP contribution in [0.15, 0.2) is 18.2 Å². The first-order valence-corrected chi connectivity index (χ1v) is 6.14. The lowest BCUT2D eigenvalue weighted by molar-refractivity contribution is 0.262. The van der Waals surface area contributed by atoms with E-state index < -0.39 is 0 Å². The Morgan fingerprint density at radius 2 is 2.19 bits per heavy atom. The van der Waals surface area contributed by atoms with E-state index in [9.17, 15) is 0 Å². The van der Waals surface area contributed by atoms with Gasteiger partial charge in [0.1, 0.15) is 0 Å². The van der Waals surface area contributed by atoms with Gasteiger partial charge in [-0.25, -0.2) is 0 Å². The number of aryl methyl sites for hydroxylation is 1. The van der Waals surface area contributed by atoms with Gasteiger partial charge in [-0.1, -0.05) is 30.7 Å². The highest BCUT2D eigenvalue weighted by Gasteiger charge is 2.05. The van der Waals surface area contributed by atoms with E-state index in [1.54, 1.807) is 0 Å². The summed E-state index contributed by atoms with van der Waals surface area (Å²) in [5.41, 5.74) is 2.34. The van der Waals surface area contributed by atoms with Crippen molar-refractivity contribution in [1.29, 1.82) is 0 Å². The first kappa shape index (κ1) is 13.5. The normalized spacial score (nSPS) is 12.8. The molecule has 2 nitrogen and oxygen atoms in total. The molecule has 0 radical (unpaired) electrons. The van der Waals surface area contributed by atoms with Crippen LogP contribution in [0.1, 0.15) is 30.9 Å². The molecule has 0 aliphatic rings. The molecule has 0 heterocycles. The molecule has 1 aromatic carbocycles. The van der Waals surface area contributed by atoms with Gasteiger partial charge in [0.25, 0.3) is 0 Å². The van der Waals surface area contributed by atoms with Gasteiger partial charge in [-0.05, 0) is 37.0 Å². The number of aliphatic hydroxyl groups excluding tert-OH is 1. The molecule has 0 saturated heterocycles. The van der Waals surface area contributed by atoms with Gasteiger partial charge in [0.2, 0.25) is 0 Å². The lowest BCUT2D eigenvalue weighted by atomic mass is 10.1. The van der Waals surface area contributed by atoms with Gasteiger partial charge in [0.05, 0.1) is 0 Å². The summed E-state index contributed by atoms with van der Waals surface area (Å²) in [6.45, 7) is 5.21. The average Bonchev–Trinajstić information content (AvgIpc) is 2.28. The summed E-state index contributed by atoms with van der Waals surface area (Å²) in [4.78, 5) is 0. The fourth-order valence-corrected chi connectivity index (χ4v) is 1.80. The second kappa shape index (κ2) is 6.89. The van der Waals surface area contributed by atoms with Crippen LogP contribution >= 0.6 is 11.6 Å². The Labute approximate surface area is 103 Å². The third-order valence-electron chi connectivity index (χ3n) is 2.79. The molecule has 0 bridgehead atoms. The fourth-order valence-electron chi connectivity index (χ4n) is 1.69. The molecule has 1 aromatic rings. The van der Waals surface area contributed by atoms with Crippen molar-refractivity contribution in [2.75, 3.05) is 6.61 Å². The van der Waals surface area contributed by atoms with Gasteiger partial charge in [0.15, 0.2) is 0 Å². The van der Waals surface area contributed by atoms with Crippen molar-refractivity contribution in [2.45, 2.75) is 39.3 Å². The standard InChI is InChI=1S/C13H20ClNO/c1-3-12(6-7-16)15-9-11-4-5-13(14)10(2)8-11/h4-5,8,12,15-16H,3,6-7,9H2,1-2H3. The summed E-state index contributed by atoms with van der Waals surface area (Å²) >= 11 is 5.97. The van der Waals surface area contributed by atoms with E-state index in [0.29, 0.717) is 6.04 Å². The number of nitrogens with one attached hydrogen (secondary N) is 1. The topological polar surface area (TPSA) is 32.3 Å². The first-order chi connectivity index (χ1) is 7.67. The monoisotopic (exact) mass is 241 g/mol. The maximum Gasteiger partial charge on any atom is 0.0445 e. The summed E-state index contributed by atoms with van der Waals surface area (Å²) < 4.78 is 0. The van der Waals surface area contributed by atoms with Gasteiger partial charge >= 0.3 is 0 Å². The molecular weight excluding hydrogens is 222 g/mol. The van der Waals surface area contributed by atoms with Crippen molar-refractivity contribution in [1.82, 2.24) is 5.32 Å². The van der Waals surface area contributed by atoms with Gasteiger partial charge in [-0.15, -0.1) is 0 Å². The maximum atomic E-state index is 8.89. The lowest BCUT2D eigenvalue weighted by Crippen LogP contribution is -2.28. The van der Waals surface area contributed by atoms with E-state index in [4.69, 9.17) is 16.7 Å². The van der Waals surface area contributed by atoms with Crippen LogP contribution < -0.4 is 5.32 Å². The quantitative estimate of drug-likeness (QED) is 0.803. The van der Waals surface area contributed by atoms with Crippen LogP contribution in [0.5, 0.6) is 0 Å². The number of hydrogen-bond acceptors (Lipinski definition) is 2. The Morgan fingerprint density at radius 1 is 1.44 bits per heavy atom. The minimum atomic E-state index is 0.241. The van der Waals surface area contributed by atoms with Crippen LogP contribution in [-0.2, 0) is 6.54 Å². The van der Waals surface area contributed by atoms with Crippen molar-refractivity contribution < 1.29 is 5.11 Å². The van der Waals surface area contributed by atoms with E-state index in [0.717, 1.165) is 30.0 Å². The molecule has 16 heavy (non-hydrogen) atoms. The highest BCUT2D eigenvalue weighted by Crippen LogP contribution is 2.16. The molecule has 0 amide bonds. The third-order valence-corrected chi connectivity index (χ3v) is 3.21. The molecular formula is C13H20ClNO. The van der Waals surface area contributed by atoms with Gasteiger partial charge in [0, 0.05) is 24.2 Å². The van der Waals surface area contributed by atoms with Crippen molar-refractivity contribution in [3.63, 3.8) is 0 Å². The van der Waals surface area contributed by atoms with E-state index in [1.165, 1.54) is 5.56 Å². The van der Waals surface area contributed by atoms with Gasteiger partial charge in [-0.3, -0.25) is 0 Å². The second-order valence-corrected chi connectivity index (χ2v) is 4.49. The molecule has 0 aliphatic carbocycles. The number of aliphatic hydroxyl groups is 1. The van der Waals surface area contributed by atoms with Crippen LogP contribution in [0.2, 0.25) is 5.02 Å². The minimum Gasteiger partial charge on any atom is -0.396 e. The summed E-state index contributed by atoms with van der Waals surface area (Å²) in [6.07, 6.45) is 1.84. The number of benzene rings is 1. The third kappa shape index (κ3) is 4.12. The Kier molecular flexibility index (Phi) is 5.81. The molecule has 2 N–H and O–H groups in total. The highest BCUT2D eigenvalue weighted by molar-refractivity contribution is 6.31. The molecule has 0 aromatic heterocycles. The molecule has 0 spiro atoms. The van der Waals surface area contributed by atoms with Crippen molar-refractivity contribution in [2.24, 2.45) is 0 Å². The van der Waals surface area contributed by atoms with Crippen molar-refractivity contribution >= 4 is 11.6 Å². The summed E-state index contributed by atoms with van der Waals surface area (Å²) in [5.74, 6) is 0. The summed E-state index contributed by atoms with van der Waals surface area (Å²) in [6, 6.07) is 6.46. The molecule has 1 rings (SSSR count). The molecule has 0 aliphatic heterocycles. The Morgan fingerprint density at radius 3 is 2.75 bits per heavy atom. The van der Waals surface area contributed by atoms with Crippen molar-refractivity contribution in [3.05, 3.63) is 34.3 Å². The van der Waals surface area contributed by atoms with E-state index in [1.807, 2.05) is 19.1 Å². The SMILES string of the molecule is CCC(CCO)NCc1ccc(Cl)c(C)c1.